The van der Waals surface area contributed by atoms with Gasteiger partial charge in [0.1, 0.15) is 59.8 Å². The quantitative estimate of drug-likeness (QED) is 0.0157. The number of phenols is 2. The number of benzene rings is 3. The Bertz CT molecular complexity index is 2530. The number of nitrogens with zero attached hydrogens (tertiary/aromatic N) is 1. The molecule has 432 valence electrons. The van der Waals surface area contributed by atoms with Crippen molar-refractivity contribution in [3.8, 4) is 11.5 Å². The molecule has 0 heterocycles. The Labute approximate surface area is 456 Å². The van der Waals surface area contributed by atoms with E-state index in [9.17, 15) is 68.7 Å². The van der Waals surface area contributed by atoms with Crippen molar-refractivity contribution in [2.75, 3.05) is 19.6 Å². The summed E-state index contributed by atoms with van der Waals surface area (Å²) in [5.74, 6) is -9.25. The normalized spacial score (nSPS) is 14.8. The maximum atomic E-state index is 14.4. The van der Waals surface area contributed by atoms with Crippen LogP contribution in [-0.2, 0) is 62.4 Å². The van der Waals surface area contributed by atoms with Crippen molar-refractivity contribution in [2.24, 2.45) is 27.9 Å². The Balaban J connectivity index is 1.89. The Morgan fingerprint density at radius 2 is 0.886 bits per heavy atom. The fourth-order valence-electron chi connectivity index (χ4n) is 7.78. The van der Waals surface area contributed by atoms with Gasteiger partial charge >= 0.3 is 5.97 Å². The number of amides is 8. The average molecular weight is 1110 g/mol. The lowest BCUT2D eigenvalue weighted by atomic mass is 10.0. The highest BCUT2D eigenvalue weighted by atomic mass is 16.4. The van der Waals surface area contributed by atoms with Crippen molar-refractivity contribution in [3.05, 3.63) is 95.6 Å². The molecule has 3 aromatic rings. The number of aliphatic hydroxyl groups is 2. The second-order valence-electron chi connectivity index (χ2n) is 18.8. The second-order valence-corrected chi connectivity index (χ2v) is 18.8. The van der Waals surface area contributed by atoms with Crippen molar-refractivity contribution in [1.82, 2.24) is 42.5 Å². The molecule has 0 spiro atoms. The number of carbonyl (C=O) groups excluding carboxylic acids is 8. The lowest BCUT2D eigenvalue weighted by Gasteiger charge is -2.29. The Morgan fingerprint density at radius 3 is 1.38 bits per heavy atom. The Hall–Kier alpha value is -8.40. The SMILES string of the molecule is C[C@H](NC(=O)[C@H](CCCN=C(N)N)NC(=O)CN)C(=O)N[C@@H](Cc1ccccc1)C(=O)N[C@@H](Cc1ccc(O)cc1)C(=O)N[C@H](C(=O)N[C@H](C(=O)N[C@@H](CCCCN)C(=O)N[C@@H](Cc1ccc(O)cc1)C(=O)O)[C@@H](C)O)[C@@H](C)O. The van der Waals surface area contributed by atoms with Crippen molar-refractivity contribution < 1.29 is 68.7 Å². The number of carboxylic acid groups (broad SMARTS) is 1. The summed E-state index contributed by atoms with van der Waals surface area (Å²) in [6, 6.07) is 7.49. The van der Waals surface area contributed by atoms with E-state index in [2.05, 4.69) is 47.5 Å². The predicted molar refractivity (Wildman–Crippen MR) is 288 cm³/mol. The second kappa shape index (κ2) is 33.0. The maximum absolute atomic E-state index is 14.4. The van der Waals surface area contributed by atoms with E-state index in [0.717, 1.165) is 13.8 Å². The molecule has 0 aliphatic heterocycles. The summed E-state index contributed by atoms with van der Waals surface area (Å²) >= 11 is 0. The van der Waals surface area contributed by atoms with E-state index in [4.69, 9.17) is 22.9 Å². The highest BCUT2D eigenvalue weighted by Gasteiger charge is 2.37. The van der Waals surface area contributed by atoms with Gasteiger partial charge in [0.05, 0.1) is 18.8 Å². The van der Waals surface area contributed by atoms with Crippen LogP contribution in [0.1, 0.15) is 69.6 Å². The largest absolute Gasteiger partial charge is 0.508 e. The monoisotopic (exact) mass is 1110 g/mol. The summed E-state index contributed by atoms with van der Waals surface area (Å²) in [6.45, 7) is 3.52. The van der Waals surface area contributed by atoms with Gasteiger partial charge in [-0.25, -0.2) is 4.79 Å². The summed E-state index contributed by atoms with van der Waals surface area (Å²) in [7, 11) is 0. The average Bonchev–Trinajstić information content (AvgIpc) is 3.41. The topological polar surface area (TPSA) is 467 Å². The fourth-order valence-corrected chi connectivity index (χ4v) is 7.78. The zero-order chi connectivity index (χ0) is 58.8. The zero-order valence-electron chi connectivity index (χ0n) is 44.2. The van der Waals surface area contributed by atoms with Crippen LogP contribution in [0.4, 0.5) is 0 Å². The molecule has 0 bridgehead atoms. The van der Waals surface area contributed by atoms with Gasteiger partial charge in [0, 0.05) is 25.8 Å². The first-order valence-electron chi connectivity index (χ1n) is 25.5. The molecule has 0 aromatic heterocycles. The van der Waals surface area contributed by atoms with Crippen LogP contribution in [0.25, 0.3) is 0 Å². The van der Waals surface area contributed by atoms with E-state index in [-0.39, 0.29) is 75.5 Å². The highest BCUT2D eigenvalue weighted by molar-refractivity contribution is 5.98. The third-order valence-corrected chi connectivity index (χ3v) is 12.2. The van der Waals surface area contributed by atoms with E-state index in [1.165, 1.54) is 55.5 Å². The van der Waals surface area contributed by atoms with Gasteiger partial charge in [-0.2, -0.15) is 0 Å². The van der Waals surface area contributed by atoms with Crippen LogP contribution < -0.4 is 65.5 Å². The van der Waals surface area contributed by atoms with Crippen LogP contribution in [-0.4, -0.2) is 165 Å². The number of rotatable bonds is 33. The molecule has 0 saturated heterocycles. The van der Waals surface area contributed by atoms with Crippen LogP contribution >= 0.6 is 0 Å². The molecule has 3 rings (SSSR count). The minimum atomic E-state index is -1.88. The zero-order valence-corrected chi connectivity index (χ0v) is 44.2. The summed E-state index contributed by atoms with van der Waals surface area (Å²) in [6.07, 6.45) is -3.06. The molecular weight excluding hydrogens is 1030 g/mol. The third kappa shape index (κ3) is 23.0. The number of aliphatic imine (C=N–C) groups is 1. The van der Waals surface area contributed by atoms with Gasteiger partial charge in [0.25, 0.3) is 0 Å². The molecule has 27 nitrogen and oxygen atoms in total. The molecule has 10 atom stereocenters. The van der Waals surface area contributed by atoms with E-state index in [0.29, 0.717) is 23.1 Å². The number of nitrogens with two attached hydrogens (primary N) is 4. The van der Waals surface area contributed by atoms with Gasteiger partial charge in [-0.1, -0.05) is 54.6 Å². The van der Waals surface area contributed by atoms with Gasteiger partial charge in [-0.3, -0.25) is 43.3 Å². The summed E-state index contributed by atoms with van der Waals surface area (Å²) in [4.78, 5) is 126. The minimum absolute atomic E-state index is 0.0483. The van der Waals surface area contributed by atoms with Crippen molar-refractivity contribution >= 4 is 59.2 Å². The molecule has 0 radical (unpaired) electrons. The van der Waals surface area contributed by atoms with Crippen LogP contribution in [0.3, 0.4) is 0 Å². The van der Waals surface area contributed by atoms with Crippen LogP contribution in [0.15, 0.2) is 83.9 Å². The summed E-state index contributed by atoms with van der Waals surface area (Å²) < 4.78 is 0. The molecule has 0 fully saturated rings. The Morgan fingerprint density at radius 1 is 0.481 bits per heavy atom. The number of aliphatic carboxylic acids is 1. The standard InChI is InChI=1S/C52H75N13O14/c1-28(58-45(72)36(59-41(70)27-54)13-9-23-57-52(55)56)44(71)61-38(24-31-10-5-4-6-11-31)47(74)62-39(25-32-14-18-34(68)19-15-32)48(75)64-43(30(3)67)50(77)65-42(29(2)66)49(76)60-37(12-7-8-22-53)46(73)63-40(51(78)79)26-33-16-20-35(69)21-17-33/h4-6,10-11,14-21,28-30,36-40,42-43,66-69H,7-9,12-13,22-27,53-54H2,1-3H3,(H,58,72)(H,59,70)(H,60,76)(H,61,71)(H,62,74)(H,63,73)(H,64,75)(H,65,77)(H,78,79)(H4,55,56,57)/t28-,29+,30+,36-,37-,38-,39-,40-,42-,43-/m0/s1. The minimum Gasteiger partial charge on any atom is -0.508 e. The molecule has 79 heavy (non-hydrogen) atoms. The van der Waals surface area contributed by atoms with E-state index < -0.39 is 120 Å². The molecule has 27 heteroatoms. The first kappa shape index (κ1) is 64.9. The highest BCUT2D eigenvalue weighted by Crippen LogP contribution is 2.15. The number of aromatic hydroxyl groups is 2. The fraction of sp³-hybridized carbons (Fsp3) is 0.462. The molecule has 0 aliphatic carbocycles. The lowest BCUT2D eigenvalue weighted by molar-refractivity contribution is -0.142. The first-order valence-corrected chi connectivity index (χ1v) is 25.5. The molecule has 3 aromatic carbocycles. The lowest BCUT2D eigenvalue weighted by Crippen LogP contribution is -2.63. The molecule has 8 amide bonds. The van der Waals surface area contributed by atoms with Crippen molar-refractivity contribution in [3.63, 3.8) is 0 Å². The number of nitrogens with one attached hydrogen (secondary N) is 8. The molecular formula is C52H75N13O14. The molecule has 0 saturated carbocycles. The number of guanidine groups is 1. The number of carboxylic acids is 1. The number of carbonyl (C=O) groups is 9. The third-order valence-electron chi connectivity index (χ3n) is 12.2. The molecule has 0 aliphatic rings. The first-order chi connectivity index (χ1) is 37.4. The van der Waals surface area contributed by atoms with E-state index in [1.807, 2.05) is 0 Å². The number of phenolic OH excluding ortho intramolecular Hbond substituents is 2. The van der Waals surface area contributed by atoms with Gasteiger partial charge in [0.15, 0.2) is 5.96 Å². The summed E-state index contributed by atoms with van der Waals surface area (Å²) in [5.41, 5.74) is 23.3. The van der Waals surface area contributed by atoms with Crippen LogP contribution in [0.2, 0.25) is 0 Å². The van der Waals surface area contributed by atoms with E-state index >= 15 is 0 Å². The Kier molecular flexibility index (Phi) is 27.1. The van der Waals surface area contributed by atoms with Crippen LogP contribution in [0.5, 0.6) is 11.5 Å². The van der Waals surface area contributed by atoms with E-state index in [1.54, 1.807) is 30.3 Å². The van der Waals surface area contributed by atoms with Gasteiger partial charge < -0.3 is 91.0 Å². The predicted octanol–water partition coefficient (Wildman–Crippen LogP) is -3.99. The smallest absolute Gasteiger partial charge is 0.326 e. The van der Waals surface area contributed by atoms with Gasteiger partial charge in [-0.15, -0.1) is 0 Å². The maximum Gasteiger partial charge on any atom is 0.326 e. The number of unbranched alkanes of at least 4 members (excludes halogenated alkanes) is 1. The number of aliphatic hydroxyl groups excluding tert-OH is 2. The van der Waals surface area contributed by atoms with Gasteiger partial charge in [-0.05, 0) is 100 Å². The molecule has 21 N–H and O–H groups in total. The molecule has 0 unspecified atom stereocenters. The number of hydrogen-bond acceptors (Lipinski definition) is 16. The van der Waals surface area contributed by atoms with Crippen molar-refractivity contribution in [1.29, 1.82) is 0 Å². The van der Waals surface area contributed by atoms with Gasteiger partial charge in [0.2, 0.25) is 47.3 Å². The van der Waals surface area contributed by atoms with Crippen molar-refractivity contribution in [2.45, 2.75) is 133 Å². The van der Waals surface area contributed by atoms with Crippen LogP contribution in [0, 0.1) is 0 Å². The summed E-state index contributed by atoms with van der Waals surface area (Å²) in [5, 5.41) is 71.1. The number of hydrogen-bond donors (Lipinski definition) is 17.